The monoisotopic (exact) mass is 267 g/mol. The number of nitro benzene ring substituents is 1. The zero-order chi connectivity index (χ0) is 14.5. The number of hydrogen-bond donors (Lipinski definition) is 0. The Bertz CT molecular complexity index is 673. The van der Waals surface area contributed by atoms with Gasteiger partial charge in [0.15, 0.2) is 5.69 Å². The third-order valence-electron chi connectivity index (χ3n) is 3.05. The molecule has 5 heteroatoms. The third kappa shape index (κ3) is 2.98. The lowest BCUT2D eigenvalue weighted by Crippen LogP contribution is -1.98. The first-order valence-corrected chi connectivity index (χ1v) is 6.22. The van der Waals surface area contributed by atoms with Crippen molar-refractivity contribution in [2.24, 2.45) is 0 Å². The van der Waals surface area contributed by atoms with Crippen molar-refractivity contribution in [2.45, 2.75) is 19.8 Å². The molecule has 2 aromatic rings. The lowest BCUT2D eigenvalue weighted by molar-refractivity contribution is -0.385. The number of rotatable bonds is 4. The maximum Gasteiger partial charge on any atom is 0.270 e. The number of benzene rings is 1. The highest BCUT2D eigenvalue weighted by Crippen LogP contribution is 2.26. The Kier molecular flexibility index (Phi) is 4.06. The highest BCUT2D eigenvalue weighted by atomic mass is 16.6. The van der Waals surface area contributed by atoms with Gasteiger partial charge in [-0.05, 0) is 30.2 Å². The summed E-state index contributed by atoms with van der Waals surface area (Å²) in [6.45, 7) is 9.03. The van der Waals surface area contributed by atoms with Gasteiger partial charge in [-0.1, -0.05) is 13.0 Å². The maximum atomic E-state index is 11.0. The fourth-order valence-electron chi connectivity index (χ4n) is 1.93. The van der Waals surface area contributed by atoms with E-state index < -0.39 is 4.92 Å². The molecule has 0 fully saturated rings. The maximum absolute atomic E-state index is 11.0. The normalized spacial score (nSPS) is 10.0. The van der Waals surface area contributed by atoms with Gasteiger partial charge in [-0.3, -0.25) is 15.1 Å². The number of aromatic nitrogens is 1. The van der Waals surface area contributed by atoms with E-state index in [1.165, 1.54) is 12.1 Å². The molecule has 1 heterocycles. The van der Waals surface area contributed by atoms with Crippen LogP contribution in [0.5, 0.6) is 0 Å². The summed E-state index contributed by atoms with van der Waals surface area (Å²) < 4.78 is 0. The van der Waals surface area contributed by atoms with Crippen LogP contribution < -0.4 is 0 Å². The van der Waals surface area contributed by atoms with Crippen molar-refractivity contribution in [3.05, 3.63) is 74.9 Å². The van der Waals surface area contributed by atoms with Gasteiger partial charge in [-0.2, -0.15) is 0 Å². The van der Waals surface area contributed by atoms with E-state index in [2.05, 4.69) is 9.83 Å². The first-order chi connectivity index (χ1) is 9.63. The standard InChI is InChI=1S/C15H13N3O2/c1-3-11-4-5-14(17-10-11)9-12-8-13(16-2)6-7-15(12)18(19)20/h4-8,10H,3,9H2,1H3. The molecule has 20 heavy (non-hydrogen) atoms. The highest BCUT2D eigenvalue weighted by Gasteiger charge is 2.14. The average molecular weight is 267 g/mol. The van der Waals surface area contributed by atoms with Crippen LogP contribution in [0.4, 0.5) is 11.4 Å². The predicted molar refractivity (Wildman–Crippen MR) is 75.8 cm³/mol. The summed E-state index contributed by atoms with van der Waals surface area (Å²) in [6, 6.07) is 8.23. The fraction of sp³-hybridized carbons (Fsp3) is 0.200. The number of aryl methyl sites for hydroxylation is 1. The van der Waals surface area contributed by atoms with Crippen LogP contribution in [0, 0.1) is 16.7 Å². The van der Waals surface area contributed by atoms with Gasteiger partial charge in [0, 0.05) is 29.9 Å². The number of nitrogens with zero attached hydrogens (tertiary/aromatic N) is 3. The van der Waals surface area contributed by atoms with E-state index in [9.17, 15) is 10.1 Å². The smallest absolute Gasteiger partial charge is 0.261 e. The number of pyridine rings is 1. The number of hydrogen-bond acceptors (Lipinski definition) is 3. The quantitative estimate of drug-likeness (QED) is 0.482. The van der Waals surface area contributed by atoms with E-state index in [0.29, 0.717) is 17.7 Å². The minimum Gasteiger partial charge on any atom is -0.261 e. The van der Waals surface area contributed by atoms with E-state index in [1.807, 2.05) is 19.1 Å². The summed E-state index contributed by atoms with van der Waals surface area (Å²) >= 11 is 0. The predicted octanol–water partition coefficient (Wildman–Crippen LogP) is 3.69. The summed E-state index contributed by atoms with van der Waals surface area (Å²) in [5.74, 6) is 0. The second-order valence-electron chi connectivity index (χ2n) is 4.37. The van der Waals surface area contributed by atoms with Crippen LogP contribution in [0.15, 0.2) is 36.5 Å². The zero-order valence-corrected chi connectivity index (χ0v) is 11.0. The Morgan fingerprint density at radius 3 is 2.70 bits per heavy atom. The van der Waals surface area contributed by atoms with Crippen LogP contribution >= 0.6 is 0 Å². The molecule has 1 aromatic carbocycles. The van der Waals surface area contributed by atoms with Gasteiger partial charge in [-0.25, -0.2) is 4.85 Å². The summed E-state index contributed by atoms with van der Waals surface area (Å²) in [6.07, 6.45) is 3.03. The molecule has 5 nitrogen and oxygen atoms in total. The second-order valence-corrected chi connectivity index (χ2v) is 4.37. The molecule has 0 saturated carbocycles. The topological polar surface area (TPSA) is 60.4 Å². The van der Waals surface area contributed by atoms with Crippen molar-refractivity contribution >= 4 is 11.4 Å². The second kappa shape index (κ2) is 5.93. The van der Waals surface area contributed by atoms with Gasteiger partial charge in [0.2, 0.25) is 0 Å². The van der Waals surface area contributed by atoms with Crippen LogP contribution in [-0.2, 0) is 12.8 Å². The molecule has 100 valence electrons. The Labute approximate surface area is 116 Å². The van der Waals surface area contributed by atoms with Crippen LogP contribution in [-0.4, -0.2) is 9.91 Å². The summed E-state index contributed by atoms with van der Waals surface area (Å²) in [4.78, 5) is 18.2. The molecule has 1 aromatic heterocycles. The Morgan fingerprint density at radius 1 is 1.35 bits per heavy atom. The Hall–Kier alpha value is -2.74. The summed E-state index contributed by atoms with van der Waals surface area (Å²) in [7, 11) is 0. The fourth-order valence-corrected chi connectivity index (χ4v) is 1.93. The number of nitro groups is 1. The van der Waals surface area contributed by atoms with Crippen LogP contribution in [0.1, 0.15) is 23.7 Å². The zero-order valence-electron chi connectivity index (χ0n) is 11.0. The molecule has 0 spiro atoms. The van der Waals surface area contributed by atoms with Crippen molar-refractivity contribution in [1.82, 2.24) is 4.98 Å². The van der Waals surface area contributed by atoms with Crippen molar-refractivity contribution in [3.8, 4) is 0 Å². The first kappa shape index (κ1) is 13.7. The van der Waals surface area contributed by atoms with Crippen LogP contribution in [0.3, 0.4) is 0 Å². The molecule has 0 aliphatic carbocycles. The molecular formula is C15H13N3O2. The van der Waals surface area contributed by atoms with Gasteiger partial charge in [0.1, 0.15) is 0 Å². The van der Waals surface area contributed by atoms with E-state index in [4.69, 9.17) is 6.57 Å². The SMILES string of the molecule is [C-]#[N+]c1ccc([N+](=O)[O-])c(Cc2ccc(CC)cn2)c1. The van der Waals surface area contributed by atoms with E-state index in [0.717, 1.165) is 17.7 Å². The third-order valence-corrected chi connectivity index (χ3v) is 3.05. The molecule has 0 atom stereocenters. The molecule has 2 rings (SSSR count). The molecular weight excluding hydrogens is 254 g/mol. The Balaban J connectivity index is 2.35. The van der Waals surface area contributed by atoms with E-state index in [1.54, 1.807) is 12.3 Å². The molecule has 0 amide bonds. The average Bonchev–Trinajstić information content (AvgIpc) is 2.47. The minimum atomic E-state index is -0.427. The first-order valence-electron chi connectivity index (χ1n) is 6.22. The lowest BCUT2D eigenvalue weighted by Gasteiger charge is -2.04. The molecule has 0 radical (unpaired) electrons. The van der Waals surface area contributed by atoms with Gasteiger partial charge >= 0.3 is 0 Å². The van der Waals surface area contributed by atoms with Crippen molar-refractivity contribution in [3.63, 3.8) is 0 Å². The van der Waals surface area contributed by atoms with Gasteiger partial charge in [-0.15, -0.1) is 0 Å². The van der Waals surface area contributed by atoms with Gasteiger partial charge in [0.05, 0.1) is 11.5 Å². The van der Waals surface area contributed by atoms with Crippen molar-refractivity contribution in [2.75, 3.05) is 0 Å². The molecule has 0 bridgehead atoms. The summed E-state index contributed by atoms with van der Waals surface area (Å²) in [5, 5.41) is 11.0. The van der Waals surface area contributed by atoms with E-state index in [-0.39, 0.29) is 5.69 Å². The molecule has 0 N–H and O–H groups in total. The molecule has 0 unspecified atom stereocenters. The molecule has 0 saturated heterocycles. The van der Waals surface area contributed by atoms with Crippen molar-refractivity contribution in [1.29, 1.82) is 0 Å². The van der Waals surface area contributed by atoms with E-state index >= 15 is 0 Å². The van der Waals surface area contributed by atoms with Gasteiger partial charge in [0.25, 0.3) is 5.69 Å². The van der Waals surface area contributed by atoms with Crippen LogP contribution in [0.2, 0.25) is 0 Å². The summed E-state index contributed by atoms with van der Waals surface area (Å²) in [5.41, 5.74) is 2.82. The minimum absolute atomic E-state index is 0.0266. The Morgan fingerprint density at radius 2 is 2.15 bits per heavy atom. The van der Waals surface area contributed by atoms with Gasteiger partial charge < -0.3 is 0 Å². The lowest BCUT2D eigenvalue weighted by atomic mass is 10.1. The van der Waals surface area contributed by atoms with Crippen LogP contribution in [0.25, 0.3) is 4.85 Å². The highest BCUT2D eigenvalue weighted by molar-refractivity contribution is 5.55. The largest absolute Gasteiger partial charge is 0.270 e. The molecule has 0 aliphatic rings. The molecule has 0 aliphatic heterocycles. The van der Waals surface area contributed by atoms with Crippen molar-refractivity contribution < 1.29 is 4.92 Å².